The quantitative estimate of drug-likeness (QED) is 0.0982. The summed E-state index contributed by atoms with van der Waals surface area (Å²) in [6.07, 6.45) is 1.04. The van der Waals surface area contributed by atoms with Gasteiger partial charge in [-0.2, -0.15) is 10.4 Å². The van der Waals surface area contributed by atoms with Gasteiger partial charge in [-0.3, -0.25) is 0 Å². The van der Waals surface area contributed by atoms with Gasteiger partial charge in [-0.1, -0.05) is 58.3 Å². The van der Waals surface area contributed by atoms with Crippen molar-refractivity contribution < 1.29 is 18.7 Å². The molecule has 2 aromatic carbocycles. The number of urea groups is 1. The first-order chi connectivity index (χ1) is 23.7. The van der Waals surface area contributed by atoms with Gasteiger partial charge in [0.25, 0.3) is 0 Å². The summed E-state index contributed by atoms with van der Waals surface area (Å²) in [6.45, 7) is 20.7. The molecule has 1 aliphatic heterocycles. The molecule has 0 aliphatic carbocycles. The van der Waals surface area contributed by atoms with Gasteiger partial charge >= 0.3 is 6.03 Å². The van der Waals surface area contributed by atoms with Gasteiger partial charge in [-0.15, -0.1) is 0 Å². The van der Waals surface area contributed by atoms with E-state index in [0.717, 1.165) is 57.5 Å². The minimum atomic E-state index is -1.31. The zero-order valence-corrected chi connectivity index (χ0v) is 33.0. The first kappa shape index (κ1) is 37.4. The van der Waals surface area contributed by atoms with E-state index in [1.807, 2.05) is 22.9 Å². The second-order valence-electron chi connectivity index (χ2n) is 15.6. The van der Waals surface area contributed by atoms with Crippen molar-refractivity contribution in [1.29, 1.82) is 5.26 Å². The lowest BCUT2D eigenvalue weighted by atomic mass is 9.95. The van der Waals surface area contributed by atoms with Crippen LogP contribution in [0.1, 0.15) is 35.9 Å². The normalized spacial score (nSPS) is 13.2. The Morgan fingerprint density at radius 1 is 1.02 bits per heavy atom. The summed E-state index contributed by atoms with van der Waals surface area (Å²) in [5, 5.41) is 17.8. The topological polar surface area (TPSA) is 110 Å². The second kappa shape index (κ2) is 15.6. The summed E-state index contributed by atoms with van der Waals surface area (Å²) in [5.74, 6) is 0.460. The Morgan fingerprint density at radius 3 is 2.38 bits per heavy atom. The SMILES string of the molecule is CCc1cc(C)c(F)cc1-c1ccc2c(-c3nc4c(n3COCC[Si](C)(C)C)CN(C(=O)NCCC#N)C4)nn(COCC[Si](C)(C)C)c2c1. The molecule has 0 fully saturated rings. The monoisotopic (exact) mass is 717 g/mol. The highest BCUT2D eigenvalue weighted by Gasteiger charge is 2.32. The molecule has 2 amide bonds. The lowest BCUT2D eigenvalue weighted by Crippen LogP contribution is -2.37. The van der Waals surface area contributed by atoms with Gasteiger partial charge in [-0.05, 0) is 65.9 Å². The predicted octanol–water partition coefficient (Wildman–Crippen LogP) is 8.14. The third-order valence-electron chi connectivity index (χ3n) is 9.10. The smallest absolute Gasteiger partial charge is 0.318 e. The van der Waals surface area contributed by atoms with Crippen molar-refractivity contribution in [2.45, 2.75) is 105 Å². The molecule has 0 bridgehead atoms. The van der Waals surface area contributed by atoms with E-state index in [4.69, 9.17) is 24.8 Å². The number of ether oxygens (including phenoxy) is 2. The molecule has 13 heteroatoms. The number of aryl methyl sites for hydroxylation is 2. The molecular formula is C37H52FN7O3Si2. The Labute approximate surface area is 297 Å². The van der Waals surface area contributed by atoms with Crippen LogP contribution in [0.4, 0.5) is 9.18 Å². The number of benzene rings is 2. The molecule has 0 saturated carbocycles. The Kier molecular flexibility index (Phi) is 11.7. The lowest BCUT2D eigenvalue weighted by Gasteiger charge is -2.19. The number of rotatable bonds is 15. The van der Waals surface area contributed by atoms with E-state index < -0.39 is 16.1 Å². The van der Waals surface area contributed by atoms with Crippen LogP contribution in [-0.2, 0) is 42.4 Å². The number of aromatic nitrogens is 4. The van der Waals surface area contributed by atoms with Crippen molar-refractivity contribution in [1.82, 2.24) is 29.5 Å². The van der Waals surface area contributed by atoms with Crippen LogP contribution in [0.5, 0.6) is 0 Å². The van der Waals surface area contributed by atoms with Gasteiger partial charge in [0.1, 0.15) is 25.0 Å². The molecule has 0 spiro atoms. The molecule has 268 valence electrons. The summed E-state index contributed by atoms with van der Waals surface area (Å²) < 4.78 is 31.3. The van der Waals surface area contributed by atoms with Crippen LogP contribution < -0.4 is 5.32 Å². The number of hydrogen-bond donors (Lipinski definition) is 1. The lowest BCUT2D eigenvalue weighted by molar-refractivity contribution is 0.0814. The highest BCUT2D eigenvalue weighted by molar-refractivity contribution is 6.76. The molecule has 5 rings (SSSR count). The van der Waals surface area contributed by atoms with E-state index >= 15 is 0 Å². The zero-order chi connectivity index (χ0) is 36.2. The molecule has 4 aromatic rings. The van der Waals surface area contributed by atoms with Crippen molar-refractivity contribution in [3.8, 4) is 28.7 Å². The summed E-state index contributed by atoms with van der Waals surface area (Å²) in [7, 11) is -2.60. The Hall–Kier alpha value is -3.84. The molecule has 2 aromatic heterocycles. The minimum Gasteiger partial charge on any atom is -0.361 e. The van der Waals surface area contributed by atoms with Crippen LogP contribution in [0.15, 0.2) is 30.3 Å². The van der Waals surface area contributed by atoms with E-state index in [0.29, 0.717) is 49.9 Å². The van der Waals surface area contributed by atoms with Gasteiger partial charge in [0.2, 0.25) is 0 Å². The van der Waals surface area contributed by atoms with Gasteiger partial charge in [0.15, 0.2) is 5.82 Å². The van der Waals surface area contributed by atoms with Crippen LogP contribution in [0.2, 0.25) is 51.4 Å². The highest BCUT2D eigenvalue weighted by atomic mass is 28.3. The molecule has 3 heterocycles. The standard InChI is InChI=1S/C37H52FN7O3Si2/c1-9-27-19-26(2)31(38)21-30(27)28-11-12-29-33(20-28)45(25-48-16-18-50(6,7)8)42-35(29)36-41-32-22-43(37(46)40-14-10-13-39)23-34(32)44(36)24-47-15-17-49(3,4)5/h11-12,19-21H,9-10,14-18,22-25H2,1-8H3,(H,40,46). The van der Waals surface area contributed by atoms with Crippen molar-refractivity contribution in [2.24, 2.45) is 0 Å². The molecule has 50 heavy (non-hydrogen) atoms. The number of nitrogens with one attached hydrogen (secondary N) is 1. The average Bonchev–Trinajstić information content (AvgIpc) is 3.73. The van der Waals surface area contributed by atoms with Crippen LogP contribution in [0.25, 0.3) is 33.5 Å². The zero-order valence-electron chi connectivity index (χ0n) is 31.0. The van der Waals surface area contributed by atoms with Crippen molar-refractivity contribution in [2.75, 3.05) is 19.8 Å². The summed E-state index contributed by atoms with van der Waals surface area (Å²) in [5.41, 5.74) is 6.82. The van der Waals surface area contributed by atoms with Gasteiger partial charge in [-0.25, -0.2) is 18.9 Å². The van der Waals surface area contributed by atoms with E-state index in [1.165, 1.54) is 0 Å². The number of nitriles is 1. The Bertz CT molecular complexity index is 1880. The van der Waals surface area contributed by atoms with E-state index in [1.54, 1.807) is 17.9 Å². The maximum absolute atomic E-state index is 14.9. The average molecular weight is 718 g/mol. The highest BCUT2D eigenvalue weighted by Crippen LogP contribution is 2.36. The van der Waals surface area contributed by atoms with Crippen molar-refractivity contribution in [3.63, 3.8) is 0 Å². The number of amides is 2. The van der Waals surface area contributed by atoms with E-state index in [2.05, 4.69) is 68.2 Å². The third kappa shape index (κ3) is 8.90. The van der Waals surface area contributed by atoms with Crippen molar-refractivity contribution >= 4 is 33.1 Å². The maximum atomic E-state index is 14.9. The molecule has 0 atom stereocenters. The third-order valence-corrected chi connectivity index (χ3v) is 12.5. The van der Waals surface area contributed by atoms with Crippen LogP contribution in [-0.4, -0.2) is 66.2 Å². The van der Waals surface area contributed by atoms with E-state index in [9.17, 15) is 9.18 Å². The van der Waals surface area contributed by atoms with Crippen LogP contribution in [0, 0.1) is 24.1 Å². The largest absolute Gasteiger partial charge is 0.361 e. The second-order valence-corrected chi connectivity index (χ2v) is 26.9. The molecular weight excluding hydrogens is 666 g/mol. The number of carbonyl (C=O) groups is 1. The molecule has 1 N–H and O–H groups in total. The van der Waals surface area contributed by atoms with Crippen LogP contribution >= 0.6 is 0 Å². The number of carbonyl (C=O) groups excluding carboxylic acids is 1. The first-order valence-electron chi connectivity index (χ1n) is 17.6. The summed E-state index contributed by atoms with van der Waals surface area (Å²) in [6, 6.07) is 13.7. The van der Waals surface area contributed by atoms with Gasteiger partial charge < -0.3 is 24.3 Å². The Balaban J connectivity index is 1.56. The summed E-state index contributed by atoms with van der Waals surface area (Å²) >= 11 is 0. The fraction of sp³-hybridized carbons (Fsp3) is 0.514. The van der Waals surface area contributed by atoms with Crippen molar-refractivity contribution in [3.05, 3.63) is 58.7 Å². The predicted molar refractivity (Wildman–Crippen MR) is 202 cm³/mol. The number of nitrogens with zero attached hydrogens (tertiary/aromatic N) is 6. The Morgan fingerprint density at radius 2 is 1.72 bits per heavy atom. The number of fused-ring (bicyclic) bond motifs is 2. The number of hydrogen-bond acceptors (Lipinski definition) is 6. The molecule has 0 unspecified atom stereocenters. The first-order valence-corrected chi connectivity index (χ1v) is 25.0. The fourth-order valence-electron chi connectivity index (χ4n) is 6.03. The summed E-state index contributed by atoms with van der Waals surface area (Å²) in [4.78, 5) is 19.7. The fourth-order valence-corrected chi connectivity index (χ4v) is 7.54. The minimum absolute atomic E-state index is 0.220. The van der Waals surface area contributed by atoms with E-state index in [-0.39, 0.29) is 31.7 Å². The number of halogens is 1. The van der Waals surface area contributed by atoms with Gasteiger partial charge in [0.05, 0.1) is 42.5 Å². The molecule has 0 saturated heterocycles. The van der Waals surface area contributed by atoms with Gasteiger partial charge in [0, 0.05) is 41.3 Å². The molecule has 0 radical (unpaired) electrons. The molecule has 10 nitrogen and oxygen atoms in total. The maximum Gasteiger partial charge on any atom is 0.318 e. The number of imidazole rings is 1. The van der Waals surface area contributed by atoms with Crippen LogP contribution in [0.3, 0.4) is 0 Å². The molecule has 1 aliphatic rings.